The Bertz CT molecular complexity index is 298. The fraction of sp³-hybridized carbons (Fsp3) is 0.600. The highest BCUT2D eigenvalue weighted by atomic mass is 16.4. The molecule has 2 atom stereocenters. The SMILES string of the molecule is CCC(C)N[C@@H](Cc1c[nH]cn1)C(=O)O. The van der Waals surface area contributed by atoms with Gasteiger partial charge >= 0.3 is 5.97 Å². The third kappa shape index (κ3) is 3.71. The second kappa shape index (κ2) is 5.50. The molecule has 0 bridgehead atoms. The largest absolute Gasteiger partial charge is 0.480 e. The van der Waals surface area contributed by atoms with Gasteiger partial charge in [-0.2, -0.15) is 0 Å². The Morgan fingerprint density at radius 3 is 2.93 bits per heavy atom. The molecule has 84 valence electrons. The van der Waals surface area contributed by atoms with Crippen LogP contribution in [0, 0.1) is 0 Å². The first-order valence-corrected chi connectivity index (χ1v) is 5.10. The number of aliphatic carboxylic acids is 1. The number of carboxylic acid groups (broad SMARTS) is 1. The van der Waals surface area contributed by atoms with Gasteiger partial charge in [-0.3, -0.25) is 4.79 Å². The topological polar surface area (TPSA) is 78.0 Å². The number of hydrogen-bond acceptors (Lipinski definition) is 3. The number of carbonyl (C=O) groups is 1. The summed E-state index contributed by atoms with van der Waals surface area (Å²) < 4.78 is 0. The number of imidazole rings is 1. The molecule has 0 amide bonds. The first kappa shape index (κ1) is 11.7. The molecule has 1 rings (SSSR count). The lowest BCUT2D eigenvalue weighted by atomic mass is 10.1. The number of rotatable bonds is 6. The van der Waals surface area contributed by atoms with Crippen LogP contribution in [0.4, 0.5) is 0 Å². The van der Waals surface area contributed by atoms with Gasteiger partial charge in [0, 0.05) is 18.7 Å². The molecule has 0 spiro atoms. The number of nitrogens with zero attached hydrogens (tertiary/aromatic N) is 1. The zero-order chi connectivity index (χ0) is 11.3. The third-order valence-electron chi connectivity index (χ3n) is 2.36. The molecule has 5 nitrogen and oxygen atoms in total. The van der Waals surface area contributed by atoms with Crippen LogP contribution in [0.3, 0.4) is 0 Å². The molecule has 3 N–H and O–H groups in total. The molecule has 0 aliphatic heterocycles. The minimum absolute atomic E-state index is 0.199. The van der Waals surface area contributed by atoms with Gasteiger partial charge in [-0.1, -0.05) is 6.92 Å². The zero-order valence-electron chi connectivity index (χ0n) is 9.03. The van der Waals surface area contributed by atoms with E-state index < -0.39 is 12.0 Å². The molecule has 1 aromatic heterocycles. The van der Waals surface area contributed by atoms with Gasteiger partial charge in [-0.15, -0.1) is 0 Å². The zero-order valence-corrected chi connectivity index (χ0v) is 9.03. The normalized spacial score (nSPS) is 14.8. The summed E-state index contributed by atoms with van der Waals surface area (Å²) in [7, 11) is 0. The van der Waals surface area contributed by atoms with Gasteiger partial charge in [-0.05, 0) is 13.3 Å². The van der Waals surface area contributed by atoms with Gasteiger partial charge in [0.2, 0.25) is 0 Å². The van der Waals surface area contributed by atoms with Gasteiger partial charge in [-0.25, -0.2) is 4.98 Å². The van der Waals surface area contributed by atoms with Crippen LogP contribution in [0.1, 0.15) is 26.0 Å². The van der Waals surface area contributed by atoms with Gasteiger partial charge in [0.1, 0.15) is 6.04 Å². The molecule has 0 saturated heterocycles. The molecule has 0 radical (unpaired) electrons. The summed E-state index contributed by atoms with van der Waals surface area (Å²) in [5.41, 5.74) is 0.762. The highest BCUT2D eigenvalue weighted by Crippen LogP contribution is 2.01. The predicted octanol–water partition coefficient (Wildman–Crippen LogP) is 0.793. The summed E-state index contributed by atoms with van der Waals surface area (Å²) in [6.45, 7) is 3.99. The van der Waals surface area contributed by atoms with Crippen molar-refractivity contribution in [2.24, 2.45) is 0 Å². The van der Waals surface area contributed by atoms with E-state index >= 15 is 0 Å². The smallest absolute Gasteiger partial charge is 0.321 e. The Hall–Kier alpha value is -1.36. The maximum Gasteiger partial charge on any atom is 0.321 e. The molecule has 1 heterocycles. The van der Waals surface area contributed by atoms with Crippen LogP contribution < -0.4 is 5.32 Å². The maximum atomic E-state index is 11.0. The highest BCUT2D eigenvalue weighted by molar-refractivity contribution is 5.73. The lowest BCUT2D eigenvalue weighted by Gasteiger charge is -2.18. The molecule has 5 heteroatoms. The van der Waals surface area contributed by atoms with Crippen molar-refractivity contribution >= 4 is 5.97 Å². The van der Waals surface area contributed by atoms with Crippen molar-refractivity contribution in [2.45, 2.75) is 38.8 Å². The molecule has 0 aliphatic rings. The van der Waals surface area contributed by atoms with E-state index in [-0.39, 0.29) is 6.04 Å². The summed E-state index contributed by atoms with van der Waals surface area (Å²) in [6.07, 6.45) is 4.58. The maximum absolute atomic E-state index is 11.0. The number of carboxylic acids is 1. The number of nitrogens with one attached hydrogen (secondary N) is 2. The minimum atomic E-state index is -0.835. The summed E-state index contributed by atoms with van der Waals surface area (Å²) >= 11 is 0. The average Bonchev–Trinajstić information content (AvgIpc) is 2.69. The Morgan fingerprint density at radius 1 is 1.73 bits per heavy atom. The van der Waals surface area contributed by atoms with Crippen molar-refractivity contribution in [1.82, 2.24) is 15.3 Å². The van der Waals surface area contributed by atoms with Crippen LogP contribution in [-0.2, 0) is 11.2 Å². The van der Waals surface area contributed by atoms with Crippen LogP contribution in [0.2, 0.25) is 0 Å². The Balaban J connectivity index is 2.55. The molecular formula is C10H17N3O2. The Labute approximate surface area is 88.9 Å². The van der Waals surface area contributed by atoms with Crippen molar-refractivity contribution < 1.29 is 9.90 Å². The Kier molecular flexibility index (Phi) is 4.30. The predicted molar refractivity (Wildman–Crippen MR) is 56.6 cm³/mol. The van der Waals surface area contributed by atoms with Crippen LogP contribution in [0.5, 0.6) is 0 Å². The van der Waals surface area contributed by atoms with Crippen molar-refractivity contribution in [3.8, 4) is 0 Å². The lowest BCUT2D eigenvalue weighted by molar-refractivity contribution is -0.139. The summed E-state index contributed by atoms with van der Waals surface area (Å²) in [6, 6.07) is -0.367. The first-order chi connectivity index (χ1) is 7.13. The first-order valence-electron chi connectivity index (χ1n) is 5.10. The van der Waals surface area contributed by atoms with E-state index in [0.717, 1.165) is 12.1 Å². The molecule has 0 saturated carbocycles. The number of aromatic nitrogens is 2. The summed E-state index contributed by atoms with van der Waals surface area (Å²) in [5, 5.41) is 12.1. The van der Waals surface area contributed by atoms with Gasteiger partial charge in [0.25, 0.3) is 0 Å². The second-order valence-electron chi connectivity index (χ2n) is 3.63. The second-order valence-corrected chi connectivity index (χ2v) is 3.63. The molecule has 0 aliphatic carbocycles. The van der Waals surface area contributed by atoms with Crippen molar-refractivity contribution in [2.75, 3.05) is 0 Å². The standard InChI is InChI=1S/C10H17N3O2/c1-3-7(2)13-9(10(14)15)4-8-5-11-6-12-8/h5-7,9,13H,3-4H2,1-2H3,(H,11,12)(H,14,15)/t7?,9-/m0/s1. The lowest BCUT2D eigenvalue weighted by Crippen LogP contribution is -2.43. The fourth-order valence-corrected chi connectivity index (χ4v) is 1.29. The van der Waals surface area contributed by atoms with Gasteiger partial charge in [0.05, 0.1) is 12.0 Å². The van der Waals surface area contributed by atoms with Crippen molar-refractivity contribution in [1.29, 1.82) is 0 Å². The average molecular weight is 211 g/mol. The van der Waals surface area contributed by atoms with E-state index in [1.165, 1.54) is 0 Å². The van der Waals surface area contributed by atoms with E-state index in [4.69, 9.17) is 5.11 Å². The highest BCUT2D eigenvalue weighted by Gasteiger charge is 2.19. The van der Waals surface area contributed by atoms with E-state index in [9.17, 15) is 4.79 Å². The van der Waals surface area contributed by atoms with Gasteiger partial charge in [0.15, 0.2) is 0 Å². The molecule has 1 unspecified atom stereocenters. The van der Waals surface area contributed by atoms with Crippen LogP contribution >= 0.6 is 0 Å². The molecule has 15 heavy (non-hydrogen) atoms. The van der Waals surface area contributed by atoms with E-state index in [1.54, 1.807) is 12.5 Å². The monoisotopic (exact) mass is 211 g/mol. The Morgan fingerprint density at radius 2 is 2.47 bits per heavy atom. The summed E-state index contributed by atoms with van der Waals surface area (Å²) in [5.74, 6) is -0.835. The summed E-state index contributed by atoms with van der Waals surface area (Å²) in [4.78, 5) is 17.8. The molecule has 0 fully saturated rings. The quantitative estimate of drug-likeness (QED) is 0.650. The number of H-pyrrole nitrogens is 1. The molecular weight excluding hydrogens is 194 g/mol. The van der Waals surface area contributed by atoms with E-state index in [0.29, 0.717) is 6.42 Å². The van der Waals surface area contributed by atoms with Gasteiger partial charge < -0.3 is 15.4 Å². The van der Waals surface area contributed by atoms with Crippen LogP contribution in [0.25, 0.3) is 0 Å². The number of hydrogen-bond donors (Lipinski definition) is 3. The van der Waals surface area contributed by atoms with Crippen LogP contribution in [0.15, 0.2) is 12.5 Å². The molecule has 0 aromatic carbocycles. The number of aromatic amines is 1. The van der Waals surface area contributed by atoms with E-state index in [1.807, 2.05) is 13.8 Å². The van der Waals surface area contributed by atoms with E-state index in [2.05, 4.69) is 15.3 Å². The fourth-order valence-electron chi connectivity index (χ4n) is 1.29. The third-order valence-corrected chi connectivity index (χ3v) is 2.36. The molecule has 1 aromatic rings. The minimum Gasteiger partial charge on any atom is -0.480 e. The van der Waals surface area contributed by atoms with Crippen molar-refractivity contribution in [3.63, 3.8) is 0 Å². The van der Waals surface area contributed by atoms with Crippen molar-refractivity contribution in [3.05, 3.63) is 18.2 Å². The van der Waals surface area contributed by atoms with Crippen LogP contribution in [-0.4, -0.2) is 33.1 Å².